The van der Waals surface area contributed by atoms with Crippen LogP contribution in [-0.2, 0) is 4.79 Å². The fourth-order valence-corrected chi connectivity index (χ4v) is 2.67. The second-order valence-corrected chi connectivity index (χ2v) is 5.37. The minimum Gasteiger partial charge on any atom is -0.317 e. The van der Waals surface area contributed by atoms with E-state index in [9.17, 15) is 4.79 Å². The van der Waals surface area contributed by atoms with Crippen LogP contribution in [-0.4, -0.2) is 25.0 Å². The first-order chi connectivity index (χ1) is 9.13. The lowest BCUT2D eigenvalue weighted by molar-refractivity contribution is -0.118. The molecule has 1 aromatic rings. The topological polar surface area (TPSA) is 32.3 Å². The molecule has 2 rings (SSSR count). The van der Waals surface area contributed by atoms with Crippen molar-refractivity contribution in [1.82, 2.24) is 5.32 Å². The third kappa shape index (κ3) is 3.16. The van der Waals surface area contributed by atoms with E-state index in [1.807, 2.05) is 11.8 Å². The van der Waals surface area contributed by atoms with E-state index in [1.54, 1.807) is 0 Å². The number of carbonyl (C=O) groups excluding carboxylic acids is 1. The Morgan fingerprint density at radius 1 is 1.26 bits per heavy atom. The second-order valence-electron chi connectivity index (χ2n) is 5.37. The van der Waals surface area contributed by atoms with Gasteiger partial charge in [0.05, 0.1) is 0 Å². The minimum absolute atomic E-state index is 0.232. The van der Waals surface area contributed by atoms with Gasteiger partial charge in [0.1, 0.15) is 0 Å². The normalized spacial score (nSPS) is 16.4. The Bertz CT molecular complexity index is 450. The number of amides is 1. The molecule has 0 radical (unpaired) electrons. The van der Waals surface area contributed by atoms with E-state index in [4.69, 9.17) is 0 Å². The molecule has 104 valence electrons. The summed E-state index contributed by atoms with van der Waals surface area (Å²) in [6.07, 6.45) is 2.65. The van der Waals surface area contributed by atoms with Crippen LogP contribution in [0.2, 0.25) is 0 Å². The van der Waals surface area contributed by atoms with E-state index in [0.29, 0.717) is 12.5 Å². The summed E-state index contributed by atoms with van der Waals surface area (Å²) < 4.78 is 0. The van der Waals surface area contributed by atoms with E-state index in [2.05, 4.69) is 37.4 Å². The summed E-state index contributed by atoms with van der Waals surface area (Å²) in [7, 11) is 0. The zero-order valence-corrected chi connectivity index (χ0v) is 12.2. The molecule has 0 aliphatic carbocycles. The van der Waals surface area contributed by atoms with Crippen LogP contribution in [0.3, 0.4) is 0 Å². The summed E-state index contributed by atoms with van der Waals surface area (Å²) in [4.78, 5) is 14.3. The summed E-state index contributed by atoms with van der Waals surface area (Å²) >= 11 is 0. The third-order valence-corrected chi connectivity index (χ3v) is 4.01. The number of rotatable bonds is 3. The lowest BCUT2D eigenvalue weighted by Gasteiger charge is -2.35. The lowest BCUT2D eigenvalue weighted by atomic mass is 10.0. The summed E-state index contributed by atoms with van der Waals surface area (Å²) in [6, 6.07) is 6.68. The fraction of sp³-hybridized carbons (Fsp3) is 0.562. The van der Waals surface area contributed by atoms with Crippen molar-refractivity contribution < 1.29 is 4.79 Å². The molecule has 1 saturated heterocycles. The number of carbonyl (C=O) groups is 1. The molecule has 0 spiro atoms. The van der Waals surface area contributed by atoms with Crippen LogP contribution in [0.4, 0.5) is 5.69 Å². The molecular formula is C16H24N2O. The number of piperidine rings is 1. The Kier molecular flexibility index (Phi) is 4.59. The van der Waals surface area contributed by atoms with Gasteiger partial charge in [0.15, 0.2) is 0 Å². The maximum Gasteiger partial charge on any atom is 0.226 e. The van der Waals surface area contributed by atoms with Crippen molar-refractivity contribution in [2.24, 2.45) is 0 Å². The van der Waals surface area contributed by atoms with Crippen molar-refractivity contribution in [2.75, 3.05) is 18.0 Å². The lowest BCUT2D eigenvalue weighted by Crippen LogP contribution is -2.46. The highest BCUT2D eigenvalue weighted by Crippen LogP contribution is 2.25. The first-order valence-electron chi connectivity index (χ1n) is 7.23. The van der Waals surface area contributed by atoms with Gasteiger partial charge in [-0.1, -0.05) is 13.0 Å². The van der Waals surface area contributed by atoms with Crippen molar-refractivity contribution in [1.29, 1.82) is 0 Å². The van der Waals surface area contributed by atoms with Crippen LogP contribution in [0.5, 0.6) is 0 Å². The Morgan fingerprint density at radius 2 is 1.95 bits per heavy atom. The molecule has 0 atom stereocenters. The molecule has 0 saturated carbocycles. The second kappa shape index (κ2) is 6.20. The van der Waals surface area contributed by atoms with Gasteiger partial charge in [-0.2, -0.15) is 0 Å². The molecule has 3 heteroatoms. The van der Waals surface area contributed by atoms with Crippen LogP contribution >= 0.6 is 0 Å². The maximum absolute atomic E-state index is 12.3. The Morgan fingerprint density at radius 3 is 2.53 bits per heavy atom. The van der Waals surface area contributed by atoms with Crippen LogP contribution in [0.25, 0.3) is 0 Å². The molecule has 19 heavy (non-hydrogen) atoms. The molecule has 0 unspecified atom stereocenters. The van der Waals surface area contributed by atoms with Crippen LogP contribution < -0.4 is 10.2 Å². The number of aryl methyl sites for hydroxylation is 2. The van der Waals surface area contributed by atoms with Gasteiger partial charge >= 0.3 is 0 Å². The Labute approximate surface area is 116 Å². The minimum atomic E-state index is 0.232. The number of hydrogen-bond acceptors (Lipinski definition) is 2. The van der Waals surface area contributed by atoms with E-state index in [0.717, 1.165) is 31.6 Å². The molecular weight excluding hydrogens is 236 g/mol. The predicted octanol–water partition coefficient (Wildman–Crippen LogP) is 2.80. The van der Waals surface area contributed by atoms with Crippen molar-refractivity contribution in [3.63, 3.8) is 0 Å². The molecule has 1 N–H and O–H groups in total. The van der Waals surface area contributed by atoms with Gasteiger partial charge in [-0.05, 0) is 63.0 Å². The van der Waals surface area contributed by atoms with E-state index < -0.39 is 0 Å². The van der Waals surface area contributed by atoms with Gasteiger partial charge in [0.25, 0.3) is 0 Å². The standard InChI is InChI=1S/C16H24N2O/c1-4-16(19)18(14-7-9-17-10-8-14)15-6-5-12(2)13(3)11-15/h5-6,11,14,17H,4,7-10H2,1-3H3. The zero-order chi connectivity index (χ0) is 13.8. The van der Waals surface area contributed by atoms with E-state index in [-0.39, 0.29) is 5.91 Å². The average Bonchev–Trinajstić information content (AvgIpc) is 2.44. The number of hydrogen-bond donors (Lipinski definition) is 1. The maximum atomic E-state index is 12.3. The SMILES string of the molecule is CCC(=O)N(c1ccc(C)c(C)c1)C1CCNCC1. The first kappa shape index (κ1) is 14.1. The summed E-state index contributed by atoms with van der Waals surface area (Å²) in [5, 5.41) is 3.36. The number of nitrogens with one attached hydrogen (secondary N) is 1. The van der Waals surface area contributed by atoms with Crippen molar-refractivity contribution >= 4 is 11.6 Å². The van der Waals surface area contributed by atoms with Crippen LogP contribution in [0.1, 0.15) is 37.3 Å². The van der Waals surface area contributed by atoms with E-state index >= 15 is 0 Å². The van der Waals surface area contributed by atoms with Gasteiger partial charge in [-0.15, -0.1) is 0 Å². The summed E-state index contributed by atoms with van der Waals surface area (Å²) in [6.45, 7) is 8.16. The molecule has 0 bridgehead atoms. The van der Waals surface area contributed by atoms with Gasteiger partial charge < -0.3 is 10.2 Å². The predicted molar refractivity (Wildman–Crippen MR) is 79.6 cm³/mol. The van der Waals surface area contributed by atoms with Crippen molar-refractivity contribution in [3.8, 4) is 0 Å². The largest absolute Gasteiger partial charge is 0.317 e. The molecule has 1 fully saturated rings. The average molecular weight is 260 g/mol. The highest BCUT2D eigenvalue weighted by molar-refractivity contribution is 5.93. The number of anilines is 1. The van der Waals surface area contributed by atoms with Gasteiger partial charge in [-0.3, -0.25) is 4.79 Å². The first-order valence-corrected chi connectivity index (χ1v) is 7.23. The molecule has 1 aliphatic rings. The number of benzene rings is 1. The quantitative estimate of drug-likeness (QED) is 0.906. The van der Waals surface area contributed by atoms with Crippen LogP contribution in [0.15, 0.2) is 18.2 Å². The highest BCUT2D eigenvalue weighted by Gasteiger charge is 2.25. The summed E-state index contributed by atoms with van der Waals surface area (Å²) in [5.41, 5.74) is 3.58. The molecule has 1 heterocycles. The van der Waals surface area contributed by atoms with Gasteiger partial charge in [0, 0.05) is 18.2 Å². The monoisotopic (exact) mass is 260 g/mol. The van der Waals surface area contributed by atoms with Crippen molar-refractivity contribution in [2.45, 2.75) is 46.1 Å². The molecule has 0 aromatic heterocycles. The number of nitrogens with zero attached hydrogens (tertiary/aromatic N) is 1. The van der Waals surface area contributed by atoms with E-state index in [1.165, 1.54) is 11.1 Å². The Balaban J connectivity index is 2.30. The zero-order valence-electron chi connectivity index (χ0n) is 12.2. The van der Waals surface area contributed by atoms with Crippen LogP contribution in [0, 0.1) is 13.8 Å². The third-order valence-electron chi connectivity index (χ3n) is 4.01. The van der Waals surface area contributed by atoms with Crippen molar-refractivity contribution in [3.05, 3.63) is 29.3 Å². The smallest absolute Gasteiger partial charge is 0.226 e. The molecule has 1 aliphatic heterocycles. The Hall–Kier alpha value is -1.35. The van der Waals surface area contributed by atoms with Gasteiger partial charge in [-0.25, -0.2) is 0 Å². The summed E-state index contributed by atoms with van der Waals surface area (Å²) in [5.74, 6) is 0.232. The van der Waals surface area contributed by atoms with Gasteiger partial charge in [0.2, 0.25) is 5.91 Å². The fourth-order valence-electron chi connectivity index (χ4n) is 2.67. The molecule has 3 nitrogen and oxygen atoms in total. The molecule has 1 aromatic carbocycles. The highest BCUT2D eigenvalue weighted by atomic mass is 16.2. The molecule has 1 amide bonds.